The van der Waals surface area contributed by atoms with Crippen molar-refractivity contribution in [3.63, 3.8) is 0 Å². The lowest BCUT2D eigenvalue weighted by Gasteiger charge is -2.20. The lowest BCUT2D eigenvalue weighted by atomic mass is 10.2. The Labute approximate surface area is 162 Å². The topological polar surface area (TPSA) is 42.2 Å². The lowest BCUT2D eigenvalue weighted by molar-refractivity contribution is 0.108. The Balaban J connectivity index is -0.0000000297. The molecule has 0 aliphatic carbocycles. The standard InChI is InChI=1S/C7H11N3S.10F2/c1-10-3-2-5-6(4-10)11-7(8)9-5;10*1-2/h2-4H2,1H3,(H2,8,9);;;;;;;;;;. The van der Waals surface area contributed by atoms with E-state index >= 15 is 0 Å². The molecule has 0 fully saturated rings. The highest BCUT2D eigenvalue weighted by Crippen LogP contribution is 2.25. The second-order valence-electron chi connectivity index (χ2n) is 2.91. The first-order chi connectivity index (χ1) is 15.3. The zero-order chi connectivity index (χ0) is 27.8. The van der Waals surface area contributed by atoms with Gasteiger partial charge in [-0.15, -0.1) is 11.3 Å². The van der Waals surface area contributed by atoms with Gasteiger partial charge in [-0.1, -0.05) is 0 Å². The van der Waals surface area contributed by atoms with Gasteiger partial charge in [0, 0.05) is 116 Å². The summed E-state index contributed by atoms with van der Waals surface area (Å²) >= 11 is 1.62. The number of halogens is 20. The first-order valence-electron chi connectivity index (χ1n) is 5.11. The van der Waals surface area contributed by atoms with Gasteiger partial charge < -0.3 is 10.6 Å². The van der Waals surface area contributed by atoms with Gasteiger partial charge in [0.2, 0.25) is 0 Å². The number of thiazole rings is 1. The third-order valence-electron chi connectivity index (χ3n) is 1.94. The van der Waals surface area contributed by atoms with Crippen LogP contribution in [-0.2, 0) is 13.0 Å². The summed E-state index contributed by atoms with van der Waals surface area (Å²) in [6.07, 6.45) is 1.06. The zero-order valence-corrected chi connectivity index (χ0v) is 14.9. The van der Waals surface area contributed by atoms with Crippen LogP contribution in [-0.4, -0.2) is 23.5 Å². The second kappa shape index (κ2) is 90.7. The SMILES string of the molecule is CN1CCc2nc(N)sc2C1.FF.FF.FF.FF.FF.FF.FF.FF.FF.FF. The fourth-order valence-corrected chi connectivity index (χ4v) is 2.30. The van der Waals surface area contributed by atoms with Gasteiger partial charge in [-0.2, -0.15) is 0 Å². The van der Waals surface area contributed by atoms with Crippen LogP contribution in [0.25, 0.3) is 0 Å². The van der Waals surface area contributed by atoms with Gasteiger partial charge in [0.15, 0.2) is 5.13 Å². The van der Waals surface area contributed by atoms with Gasteiger partial charge in [0.25, 0.3) is 0 Å². The van der Waals surface area contributed by atoms with Crippen molar-refractivity contribution in [2.24, 2.45) is 0 Å². The number of nitrogen functional groups attached to an aromatic ring is 1. The van der Waals surface area contributed by atoms with Crippen LogP contribution in [0.4, 0.5) is 96.6 Å². The zero-order valence-electron chi connectivity index (χ0n) is 14.1. The molecular weight excluding hydrogens is 538 g/mol. The van der Waals surface area contributed by atoms with Crippen molar-refractivity contribution >= 4 is 16.5 Å². The Morgan fingerprint density at radius 2 is 0.935 bits per heavy atom. The summed E-state index contributed by atoms with van der Waals surface area (Å²) in [4.78, 5) is 7.89. The Hall–Kier alpha value is -2.01. The quantitative estimate of drug-likeness (QED) is 0.329. The largest absolute Gasteiger partial charge is 0.375 e. The van der Waals surface area contributed by atoms with E-state index in [1.165, 1.54) is 10.6 Å². The summed E-state index contributed by atoms with van der Waals surface area (Å²) in [7, 11) is 2.12. The summed E-state index contributed by atoms with van der Waals surface area (Å²) in [6.45, 7) is 2.13. The molecule has 0 spiro atoms. The highest BCUT2D eigenvalue weighted by Gasteiger charge is 2.16. The molecular formula is C7H11F20N3S. The maximum atomic E-state index is 8.00. The second-order valence-corrected chi connectivity index (χ2v) is 4.02. The summed E-state index contributed by atoms with van der Waals surface area (Å²) in [5, 5.41) is 0.713. The van der Waals surface area contributed by atoms with E-state index in [1.54, 1.807) is 11.3 Å². The Bertz CT molecular complexity index is 298. The van der Waals surface area contributed by atoms with Crippen LogP contribution >= 0.6 is 11.3 Å². The first-order valence-corrected chi connectivity index (χ1v) is 5.93. The van der Waals surface area contributed by atoms with Crippen LogP contribution in [0, 0.1) is 0 Å². The molecule has 1 aliphatic rings. The number of hydrogen-bond donors (Lipinski definition) is 1. The summed E-state index contributed by atoms with van der Waals surface area (Å²) in [5.74, 6) is 0. The van der Waals surface area contributed by atoms with Crippen molar-refractivity contribution in [3.8, 4) is 0 Å². The smallest absolute Gasteiger partial charge is 0.180 e. The minimum absolute atomic E-state index is 0.713. The van der Waals surface area contributed by atoms with Crippen LogP contribution < -0.4 is 5.73 Å². The molecule has 1 aromatic rings. The predicted molar refractivity (Wildman–Crippen MR) is 68.7 cm³/mol. The van der Waals surface area contributed by atoms with Crippen molar-refractivity contribution in [2.45, 2.75) is 13.0 Å². The molecule has 3 nitrogen and oxygen atoms in total. The average molecular weight is 549 g/mol. The molecule has 1 aliphatic heterocycles. The molecule has 0 saturated heterocycles. The van der Waals surface area contributed by atoms with Gasteiger partial charge in [-0.25, -0.2) is 4.98 Å². The lowest BCUT2D eigenvalue weighted by Crippen LogP contribution is -2.25. The monoisotopic (exact) mass is 549 g/mol. The van der Waals surface area contributed by atoms with E-state index in [4.69, 9.17) is 97.2 Å². The highest BCUT2D eigenvalue weighted by atomic mass is 32.1. The maximum absolute atomic E-state index is 8.00. The average Bonchev–Trinajstić information content (AvgIpc) is 3.30. The van der Waals surface area contributed by atoms with E-state index in [0.717, 1.165) is 19.5 Å². The molecule has 0 unspecified atom stereocenters. The normalized spacial score (nSPS) is 8.42. The summed E-state index contributed by atoms with van der Waals surface area (Å²) in [5.41, 5.74) is 6.81. The van der Waals surface area contributed by atoms with Gasteiger partial charge in [0.1, 0.15) is 0 Å². The number of hydrogen-bond acceptors (Lipinski definition) is 4. The fourth-order valence-electron chi connectivity index (χ4n) is 1.34. The molecule has 0 atom stereocenters. The van der Waals surface area contributed by atoms with E-state index in [0.29, 0.717) is 5.13 Å². The molecule has 1 aromatic heterocycles. The van der Waals surface area contributed by atoms with Crippen molar-refractivity contribution in [1.82, 2.24) is 9.88 Å². The third kappa shape index (κ3) is 52.4. The van der Waals surface area contributed by atoms with E-state index in [1.807, 2.05) is 0 Å². The molecule has 200 valence electrons. The molecule has 0 aromatic carbocycles. The number of likely N-dealkylation sites (N-methyl/N-ethyl adjacent to an activating group) is 1. The molecule has 0 amide bonds. The van der Waals surface area contributed by atoms with Gasteiger partial charge in [-0.05, 0) is 7.05 Å². The van der Waals surface area contributed by atoms with E-state index in [9.17, 15) is 0 Å². The van der Waals surface area contributed by atoms with Crippen LogP contribution in [0.5, 0.6) is 0 Å². The van der Waals surface area contributed by atoms with Crippen LogP contribution in [0.15, 0.2) is 0 Å². The minimum Gasteiger partial charge on any atom is -0.375 e. The first kappa shape index (κ1) is 56.8. The van der Waals surface area contributed by atoms with Crippen LogP contribution in [0.1, 0.15) is 10.6 Å². The van der Waals surface area contributed by atoms with E-state index < -0.39 is 0 Å². The maximum Gasteiger partial charge on any atom is 0.180 e. The summed E-state index contributed by atoms with van der Waals surface area (Å²) < 4.78 is 160. The van der Waals surface area contributed by atoms with Crippen LogP contribution in [0.3, 0.4) is 0 Å². The molecule has 0 saturated carbocycles. The van der Waals surface area contributed by atoms with E-state index in [2.05, 4.69) is 16.9 Å². The molecule has 0 bridgehead atoms. The molecule has 31 heavy (non-hydrogen) atoms. The fraction of sp³-hybridized carbons (Fsp3) is 0.571. The molecule has 2 N–H and O–H groups in total. The Morgan fingerprint density at radius 1 is 0.645 bits per heavy atom. The number of nitrogens with two attached hydrogens (primary N) is 1. The molecule has 0 radical (unpaired) electrons. The molecule has 2 heterocycles. The number of fused-ring (bicyclic) bond motifs is 1. The summed E-state index contributed by atoms with van der Waals surface area (Å²) in [6, 6.07) is 0. The number of aromatic nitrogens is 1. The van der Waals surface area contributed by atoms with Gasteiger partial charge in [0.05, 0.1) is 5.69 Å². The third-order valence-corrected chi connectivity index (χ3v) is 2.85. The van der Waals surface area contributed by atoms with Crippen molar-refractivity contribution < 1.29 is 91.5 Å². The minimum atomic E-state index is 0.713. The van der Waals surface area contributed by atoms with Crippen molar-refractivity contribution in [1.29, 1.82) is 0 Å². The highest BCUT2D eigenvalue weighted by molar-refractivity contribution is 7.15. The Morgan fingerprint density at radius 3 is 1.23 bits per heavy atom. The van der Waals surface area contributed by atoms with Crippen LogP contribution in [0.2, 0.25) is 0 Å². The number of anilines is 1. The molecule has 24 heteroatoms. The van der Waals surface area contributed by atoms with Crippen molar-refractivity contribution in [3.05, 3.63) is 10.6 Å². The number of rotatable bonds is 0. The predicted octanol–water partition coefficient (Wildman–Crippen LogP) is 9.12. The van der Waals surface area contributed by atoms with E-state index in [-0.39, 0.29) is 0 Å². The van der Waals surface area contributed by atoms with Crippen molar-refractivity contribution in [2.75, 3.05) is 19.3 Å². The van der Waals surface area contributed by atoms with Gasteiger partial charge in [-0.3, -0.25) is 0 Å². The Kier molecular flexibility index (Phi) is 166. The number of nitrogens with zero attached hydrogens (tertiary/aromatic N) is 2. The van der Waals surface area contributed by atoms with Gasteiger partial charge >= 0.3 is 0 Å². The molecule has 2 rings (SSSR count).